The van der Waals surface area contributed by atoms with E-state index >= 15 is 0 Å². The Balaban J connectivity index is 1.22. The van der Waals surface area contributed by atoms with Gasteiger partial charge in [0.15, 0.2) is 0 Å². The average Bonchev–Trinajstić information content (AvgIpc) is 3.73. The number of benzene rings is 6. The maximum atomic E-state index is 2.75. The summed E-state index contributed by atoms with van der Waals surface area (Å²) in [5, 5.41) is 2.70. The third-order valence-corrected chi connectivity index (χ3v) is 20.2. The molecule has 71 heavy (non-hydrogen) atoms. The highest BCUT2D eigenvalue weighted by Gasteiger charge is 2.50. The summed E-state index contributed by atoms with van der Waals surface area (Å²) in [5.41, 5.74) is 24.5. The van der Waals surface area contributed by atoms with E-state index in [4.69, 9.17) is 0 Å². The van der Waals surface area contributed by atoms with Gasteiger partial charge in [-0.2, -0.15) is 0 Å². The van der Waals surface area contributed by atoms with Gasteiger partial charge in [-0.05, 0) is 197 Å². The van der Waals surface area contributed by atoms with Crippen molar-refractivity contribution in [2.75, 3.05) is 9.80 Å². The van der Waals surface area contributed by atoms with Crippen molar-refractivity contribution in [3.05, 3.63) is 136 Å². The largest absolute Gasteiger partial charge is 0.311 e. The molecule has 0 N–H and O–H groups in total. The zero-order valence-corrected chi connectivity index (χ0v) is 47.4. The van der Waals surface area contributed by atoms with Gasteiger partial charge in [0.25, 0.3) is 6.71 Å². The summed E-state index contributed by atoms with van der Waals surface area (Å²) in [6.07, 6.45) is 5.89. The van der Waals surface area contributed by atoms with Crippen molar-refractivity contribution in [1.29, 1.82) is 0 Å². The van der Waals surface area contributed by atoms with Gasteiger partial charge in [0.1, 0.15) is 0 Å². The first kappa shape index (κ1) is 47.2. The summed E-state index contributed by atoms with van der Waals surface area (Å²) in [6.45, 7) is 44.2. The first-order valence-corrected chi connectivity index (χ1v) is 28.0. The fourth-order valence-corrected chi connectivity index (χ4v) is 15.7. The predicted octanol–water partition coefficient (Wildman–Crippen LogP) is 17.4. The van der Waals surface area contributed by atoms with Crippen molar-refractivity contribution in [2.24, 2.45) is 0 Å². The first-order chi connectivity index (χ1) is 32.9. The highest BCUT2D eigenvalue weighted by molar-refractivity contribution is 7.25. The Hall–Kier alpha value is -4.80. The zero-order valence-electron chi connectivity index (χ0n) is 46.6. The lowest BCUT2D eigenvalue weighted by molar-refractivity contribution is 0.332. The van der Waals surface area contributed by atoms with Gasteiger partial charge >= 0.3 is 0 Å². The fourth-order valence-electron chi connectivity index (χ4n) is 14.6. The van der Waals surface area contributed by atoms with E-state index in [1.807, 2.05) is 11.3 Å². The van der Waals surface area contributed by atoms with Crippen LogP contribution in [0.25, 0.3) is 20.2 Å². The molecule has 5 aliphatic rings. The van der Waals surface area contributed by atoms with Crippen molar-refractivity contribution in [2.45, 2.75) is 200 Å². The molecule has 12 rings (SSSR count). The lowest BCUT2D eigenvalue weighted by Crippen LogP contribution is -2.62. The number of hydrogen-bond donors (Lipinski definition) is 0. The Morgan fingerprint density at radius 3 is 1.38 bits per heavy atom. The minimum absolute atomic E-state index is 0.0429. The van der Waals surface area contributed by atoms with Crippen LogP contribution in [0.2, 0.25) is 0 Å². The second kappa shape index (κ2) is 14.5. The lowest BCUT2D eigenvalue weighted by atomic mass is 9.32. The third kappa shape index (κ3) is 6.91. The fraction of sp³-hybridized carbons (Fsp3) is 0.463. The first-order valence-electron chi connectivity index (χ1n) is 27.2. The van der Waals surface area contributed by atoms with Crippen LogP contribution in [0.4, 0.5) is 34.1 Å². The molecule has 3 aliphatic carbocycles. The van der Waals surface area contributed by atoms with E-state index in [2.05, 4.69) is 225 Å². The van der Waals surface area contributed by atoms with E-state index in [1.165, 1.54) is 141 Å². The molecule has 4 heteroatoms. The smallest absolute Gasteiger partial charge is 0.252 e. The molecular formula is C67H79BN2S. The van der Waals surface area contributed by atoms with Gasteiger partial charge in [-0.15, -0.1) is 11.3 Å². The molecule has 0 fully saturated rings. The van der Waals surface area contributed by atoms with Gasteiger partial charge in [-0.3, -0.25) is 0 Å². The van der Waals surface area contributed by atoms with E-state index in [0.29, 0.717) is 0 Å². The summed E-state index contributed by atoms with van der Waals surface area (Å²) in [6, 6.07) is 38.3. The van der Waals surface area contributed by atoms with Gasteiger partial charge < -0.3 is 9.80 Å². The number of hydrogen-bond acceptors (Lipinski definition) is 3. The standard InChI is InChI=1S/C67H79BN2S/c1-60(2,3)39-19-22-43-44-32-41(21-24-57(44)71-58(43)31-39)69-54-37-50-48(66(15,16)38-67(50,17)18)35-52(54)68-51-34-47-49(65(13,14)28-27-64(47,11)12)36-53(51)70(56-30-40(61(4,5)6)29-55(69)59(56)68)42-20-23-45-46(33-42)63(9,10)26-25-62(45,7)8/h19-24,29-37H,25-28,38H2,1-18H3. The number of anilines is 6. The molecule has 0 atom stereocenters. The summed E-state index contributed by atoms with van der Waals surface area (Å²) in [5.74, 6) is 0. The molecular weight excluding hydrogens is 876 g/mol. The summed E-state index contributed by atoms with van der Waals surface area (Å²) in [7, 11) is 0. The van der Waals surface area contributed by atoms with Crippen LogP contribution in [0.15, 0.2) is 91.0 Å². The van der Waals surface area contributed by atoms with Crippen LogP contribution in [0.1, 0.15) is 201 Å². The topological polar surface area (TPSA) is 6.48 Å². The molecule has 0 unspecified atom stereocenters. The molecule has 7 aromatic rings. The lowest BCUT2D eigenvalue weighted by Gasteiger charge is -2.48. The van der Waals surface area contributed by atoms with Crippen LogP contribution < -0.4 is 26.2 Å². The SMILES string of the molecule is CC(C)(C)c1cc2c3c(c1)N(c1ccc4sc5cc(C(C)(C)C)ccc5c4c1)c1cc4c(cc1B3c1cc3c(cc1N2c1ccc2c(c1)C(C)(C)CCC2(C)C)C(C)(C)CCC3(C)C)C(C)(C)CC4(C)C. The second-order valence-electron chi connectivity index (χ2n) is 29.1. The van der Waals surface area contributed by atoms with E-state index in [0.717, 1.165) is 6.42 Å². The van der Waals surface area contributed by atoms with Gasteiger partial charge in [-0.1, -0.05) is 155 Å². The van der Waals surface area contributed by atoms with Crippen LogP contribution in [-0.2, 0) is 43.3 Å². The van der Waals surface area contributed by atoms with Crippen LogP contribution in [0, 0.1) is 0 Å². The molecule has 1 aromatic heterocycles. The van der Waals surface area contributed by atoms with Crippen LogP contribution in [0.3, 0.4) is 0 Å². The highest BCUT2D eigenvalue weighted by atomic mass is 32.1. The maximum absolute atomic E-state index is 2.75. The van der Waals surface area contributed by atoms with E-state index in [-0.39, 0.29) is 50.0 Å². The van der Waals surface area contributed by atoms with Crippen molar-refractivity contribution < 1.29 is 0 Å². The predicted molar refractivity (Wildman–Crippen MR) is 312 cm³/mol. The summed E-state index contributed by atoms with van der Waals surface area (Å²) < 4.78 is 2.72. The minimum atomic E-state index is -0.106. The Kier molecular flexibility index (Phi) is 9.64. The molecule has 0 saturated carbocycles. The number of nitrogens with zero attached hydrogens (tertiary/aromatic N) is 2. The van der Waals surface area contributed by atoms with Crippen LogP contribution >= 0.6 is 11.3 Å². The maximum Gasteiger partial charge on any atom is 0.252 e. The van der Waals surface area contributed by atoms with Crippen LogP contribution in [0.5, 0.6) is 0 Å². The zero-order chi connectivity index (χ0) is 50.7. The molecule has 0 radical (unpaired) electrons. The Morgan fingerprint density at radius 1 is 0.394 bits per heavy atom. The number of thiophene rings is 1. The summed E-state index contributed by atoms with van der Waals surface area (Å²) in [4.78, 5) is 5.48. The molecule has 366 valence electrons. The van der Waals surface area contributed by atoms with Crippen molar-refractivity contribution in [1.82, 2.24) is 0 Å². The normalized spacial score (nSPS) is 20.6. The van der Waals surface area contributed by atoms with Gasteiger partial charge in [0.05, 0.1) is 0 Å². The monoisotopic (exact) mass is 955 g/mol. The quantitative estimate of drug-likeness (QED) is 0.159. The summed E-state index contributed by atoms with van der Waals surface area (Å²) >= 11 is 1.94. The molecule has 6 aromatic carbocycles. The van der Waals surface area contributed by atoms with E-state index < -0.39 is 0 Å². The van der Waals surface area contributed by atoms with E-state index in [9.17, 15) is 0 Å². The van der Waals surface area contributed by atoms with Gasteiger partial charge in [0, 0.05) is 54.3 Å². The van der Waals surface area contributed by atoms with Gasteiger partial charge in [-0.25, -0.2) is 0 Å². The van der Waals surface area contributed by atoms with Gasteiger partial charge in [0.2, 0.25) is 0 Å². The molecule has 2 aliphatic heterocycles. The Labute approximate surface area is 431 Å². The van der Waals surface area contributed by atoms with Crippen molar-refractivity contribution in [3.8, 4) is 0 Å². The number of rotatable bonds is 2. The molecule has 0 spiro atoms. The molecule has 0 amide bonds. The third-order valence-electron chi connectivity index (χ3n) is 19.1. The average molecular weight is 955 g/mol. The molecule has 3 heterocycles. The number of fused-ring (bicyclic) bond motifs is 10. The Bertz CT molecular complexity index is 3450. The minimum Gasteiger partial charge on any atom is -0.311 e. The van der Waals surface area contributed by atoms with Crippen molar-refractivity contribution >= 4 is 88.7 Å². The highest BCUT2D eigenvalue weighted by Crippen LogP contribution is 2.56. The second-order valence-corrected chi connectivity index (χ2v) is 30.2. The van der Waals surface area contributed by atoms with Crippen LogP contribution in [-0.4, -0.2) is 6.71 Å². The Morgan fingerprint density at radius 2 is 0.845 bits per heavy atom. The van der Waals surface area contributed by atoms with Crippen molar-refractivity contribution in [3.63, 3.8) is 0 Å². The molecule has 0 saturated heterocycles. The van der Waals surface area contributed by atoms with E-state index in [1.54, 1.807) is 0 Å². The molecule has 2 nitrogen and oxygen atoms in total. The molecule has 0 bridgehead atoms.